The Balaban J connectivity index is 1.74. The van der Waals surface area contributed by atoms with Crippen molar-refractivity contribution >= 4 is 17.6 Å². The van der Waals surface area contributed by atoms with E-state index < -0.39 is 29.2 Å². The van der Waals surface area contributed by atoms with Crippen LogP contribution < -0.4 is 5.32 Å². The van der Waals surface area contributed by atoms with Gasteiger partial charge in [-0.2, -0.15) is 0 Å². The summed E-state index contributed by atoms with van der Waals surface area (Å²) in [6.45, 7) is 3.46. The largest absolute Gasteiger partial charge is 0.452 e. The first-order valence-corrected chi connectivity index (χ1v) is 9.26. The quantitative estimate of drug-likeness (QED) is 0.789. The van der Waals surface area contributed by atoms with Gasteiger partial charge < -0.3 is 10.1 Å². The third kappa shape index (κ3) is 4.02. The van der Waals surface area contributed by atoms with Crippen LogP contribution in [0.2, 0.25) is 0 Å². The fourth-order valence-corrected chi connectivity index (χ4v) is 3.70. The summed E-state index contributed by atoms with van der Waals surface area (Å²) >= 11 is 0. The lowest BCUT2D eigenvalue weighted by molar-refractivity contribution is -0.159. The summed E-state index contributed by atoms with van der Waals surface area (Å²) in [6.07, 6.45) is 1.74. The van der Waals surface area contributed by atoms with Gasteiger partial charge in [-0.3, -0.25) is 9.59 Å². The van der Waals surface area contributed by atoms with Crippen LogP contribution in [-0.4, -0.2) is 18.0 Å². The molecule has 0 unspecified atom stereocenters. The second-order valence-electron chi connectivity index (χ2n) is 7.18. The average Bonchev–Trinajstić information content (AvgIpc) is 3.13. The molecule has 1 aliphatic rings. The van der Waals surface area contributed by atoms with Crippen molar-refractivity contribution in [1.29, 1.82) is 0 Å². The SMILES string of the molecule is Cc1cccc(NC(=O)[C@@H](C)OC(=O)C2(c3ccccc3F)CCCC2)c1. The van der Waals surface area contributed by atoms with E-state index in [1.54, 1.807) is 24.3 Å². The summed E-state index contributed by atoms with van der Waals surface area (Å²) in [5, 5.41) is 2.75. The number of halogens is 1. The monoisotopic (exact) mass is 369 g/mol. The minimum absolute atomic E-state index is 0.360. The number of anilines is 1. The maximum Gasteiger partial charge on any atom is 0.317 e. The second-order valence-corrected chi connectivity index (χ2v) is 7.18. The summed E-state index contributed by atoms with van der Waals surface area (Å²) in [7, 11) is 0. The fraction of sp³-hybridized carbons (Fsp3) is 0.364. The van der Waals surface area contributed by atoms with Crippen molar-refractivity contribution in [2.75, 3.05) is 5.32 Å². The number of benzene rings is 2. The number of rotatable bonds is 5. The predicted molar refractivity (Wildman–Crippen MR) is 102 cm³/mol. The van der Waals surface area contributed by atoms with Gasteiger partial charge in [0, 0.05) is 11.3 Å². The minimum atomic E-state index is -1.01. The number of amides is 1. The van der Waals surface area contributed by atoms with Crippen molar-refractivity contribution in [2.45, 2.75) is 51.0 Å². The third-order valence-electron chi connectivity index (χ3n) is 5.18. The van der Waals surface area contributed by atoms with Gasteiger partial charge in [-0.25, -0.2) is 4.39 Å². The molecule has 2 aromatic carbocycles. The molecule has 0 bridgehead atoms. The Morgan fingerprint density at radius 1 is 1.11 bits per heavy atom. The highest BCUT2D eigenvalue weighted by molar-refractivity contribution is 5.96. The molecule has 0 aromatic heterocycles. The van der Waals surface area contributed by atoms with Crippen LogP contribution in [0.15, 0.2) is 48.5 Å². The van der Waals surface area contributed by atoms with Gasteiger partial charge in [0.1, 0.15) is 5.82 Å². The van der Waals surface area contributed by atoms with Crippen LogP contribution in [0.4, 0.5) is 10.1 Å². The van der Waals surface area contributed by atoms with E-state index in [1.807, 2.05) is 25.1 Å². The number of ether oxygens (including phenoxy) is 1. The van der Waals surface area contributed by atoms with Gasteiger partial charge in [0.15, 0.2) is 6.10 Å². The molecule has 1 N–H and O–H groups in total. The normalized spacial score (nSPS) is 16.6. The molecular weight excluding hydrogens is 345 g/mol. The molecule has 0 radical (unpaired) electrons. The van der Waals surface area contributed by atoms with E-state index in [2.05, 4.69) is 5.32 Å². The predicted octanol–water partition coefficient (Wildman–Crippen LogP) is 4.52. The number of aryl methyl sites for hydroxylation is 1. The summed E-state index contributed by atoms with van der Waals surface area (Å²) in [6, 6.07) is 13.7. The molecule has 2 aromatic rings. The molecule has 1 amide bonds. The summed E-state index contributed by atoms with van der Waals surface area (Å²) in [5.74, 6) is -1.35. The van der Waals surface area contributed by atoms with Gasteiger partial charge in [0.05, 0.1) is 5.41 Å². The molecule has 0 aliphatic heterocycles. The summed E-state index contributed by atoms with van der Waals surface area (Å²) in [5.41, 5.74) is 1.01. The van der Waals surface area contributed by atoms with E-state index in [0.29, 0.717) is 24.1 Å². The number of hydrogen-bond donors (Lipinski definition) is 1. The van der Waals surface area contributed by atoms with E-state index >= 15 is 0 Å². The van der Waals surface area contributed by atoms with E-state index in [-0.39, 0.29) is 0 Å². The van der Waals surface area contributed by atoms with Crippen molar-refractivity contribution in [3.05, 3.63) is 65.5 Å². The Labute approximate surface area is 158 Å². The second kappa shape index (κ2) is 7.91. The first kappa shape index (κ1) is 19.1. The smallest absolute Gasteiger partial charge is 0.317 e. The summed E-state index contributed by atoms with van der Waals surface area (Å²) in [4.78, 5) is 25.4. The molecule has 1 atom stereocenters. The maximum absolute atomic E-state index is 14.4. The molecule has 4 nitrogen and oxygen atoms in total. The number of carbonyl (C=O) groups excluding carboxylic acids is 2. The van der Waals surface area contributed by atoms with Gasteiger partial charge in [-0.15, -0.1) is 0 Å². The number of carbonyl (C=O) groups is 2. The van der Waals surface area contributed by atoms with Crippen molar-refractivity contribution in [3.63, 3.8) is 0 Å². The molecule has 3 rings (SSSR count). The Bertz CT molecular complexity index is 843. The molecular formula is C22H24FNO3. The highest BCUT2D eigenvalue weighted by atomic mass is 19.1. The van der Waals surface area contributed by atoms with Gasteiger partial charge in [0.2, 0.25) is 0 Å². The van der Waals surface area contributed by atoms with Crippen LogP contribution in [0.3, 0.4) is 0 Å². The van der Waals surface area contributed by atoms with Crippen LogP contribution in [0.25, 0.3) is 0 Å². The molecule has 142 valence electrons. The Hall–Kier alpha value is -2.69. The molecule has 1 saturated carbocycles. The van der Waals surface area contributed by atoms with Crippen molar-refractivity contribution in [1.82, 2.24) is 0 Å². The van der Waals surface area contributed by atoms with E-state index in [9.17, 15) is 14.0 Å². The highest BCUT2D eigenvalue weighted by Gasteiger charge is 2.46. The number of esters is 1. The fourth-order valence-electron chi connectivity index (χ4n) is 3.70. The highest BCUT2D eigenvalue weighted by Crippen LogP contribution is 2.43. The third-order valence-corrected chi connectivity index (χ3v) is 5.18. The maximum atomic E-state index is 14.4. The molecule has 27 heavy (non-hydrogen) atoms. The Kier molecular flexibility index (Phi) is 5.59. The lowest BCUT2D eigenvalue weighted by Gasteiger charge is -2.29. The molecule has 0 saturated heterocycles. The van der Waals surface area contributed by atoms with Crippen LogP contribution >= 0.6 is 0 Å². The van der Waals surface area contributed by atoms with Crippen LogP contribution in [0, 0.1) is 12.7 Å². The zero-order chi connectivity index (χ0) is 19.4. The van der Waals surface area contributed by atoms with Crippen LogP contribution in [0.5, 0.6) is 0 Å². The lowest BCUT2D eigenvalue weighted by Crippen LogP contribution is -2.40. The molecule has 5 heteroatoms. The van der Waals surface area contributed by atoms with E-state index in [0.717, 1.165) is 18.4 Å². The van der Waals surface area contributed by atoms with E-state index in [4.69, 9.17) is 4.74 Å². The van der Waals surface area contributed by atoms with Crippen LogP contribution in [-0.2, 0) is 19.7 Å². The molecule has 1 aliphatic carbocycles. The molecule has 1 fully saturated rings. The summed E-state index contributed by atoms with van der Waals surface area (Å²) < 4.78 is 19.9. The first-order valence-electron chi connectivity index (χ1n) is 9.26. The Morgan fingerprint density at radius 2 is 1.81 bits per heavy atom. The van der Waals surface area contributed by atoms with Gasteiger partial charge in [0.25, 0.3) is 5.91 Å². The van der Waals surface area contributed by atoms with Gasteiger partial charge in [-0.1, -0.05) is 43.2 Å². The molecule has 0 spiro atoms. The topological polar surface area (TPSA) is 55.4 Å². The number of hydrogen-bond acceptors (Lipinski definition) is 3. The van der Waals surface area contributed by atoms with Crippen molar-refractivity contribution in [2.24, 2.45) is 0 Å². The van der Waals surface area contributed by atoms with Crippen molar-refractivity contribution in [3.8, 4) is 0 Å². The molecule has 0 heterocycles. The average molecular weight is 369 g/mol. The van der Waals surface area contributed by atoms with E-state index in [1.165, 1.54) is 13.0 Å². The zero-order valence-electron chi connectivity index (χ0n) is 15.6. The van der Waals surface area contributed by atoms with Crippen LogP contribution in [0.1, 0.15) is 43.7 Å². The zero-order valence-corrected chi connectivity index (χ0v) is 15.6. The minimum Gasteiger partial charge on any atom is -0.452 e. The van der Waals surface area contributed by atoms with Gasteiger partial charge in [-0.05, 0) is 50.5 Å². The standard InChI is InChI=1S/C22H24FNO3/c1-15-8-7-9-17(14-15)24-20(25)16(2)27-21(26)22(12-5-6-13-22)18-10-3-4-11-19(18)23/h3-4,7-11,14,16H,5-6,12-13H2,1-2H3,(H,24,25)/t16-/m1/s1. The Morgan fingerprint density at radius 3 is 2.48 bits per heavy atom. The first-order chi connectivity index (χ1) is 12.9. The van der Waals surface area contributed by atoms with Crippen molar-refractivity contribution < 1.29 is 18.7 Å². The number of nitrogens with one attached hydrogen (secondary N) is 1. The lowest BCUT2D eigenvalue weighted by atomic mass is 9.78. The van der Waals surface area contributed by atoms with Gasteiger partial charge >= 0.3 is 5.97 Å².